The summed E-state index contributed by atoms with van der Waals surface area (Å²) >= 11 is 0. The summed E-state index contributed by atoms with van der Waals surface area (Å²) in [6.07, 6.45) is -2.62. The molecule has 2 aromatic rings. The highest BCUT2D eigenvalue weighted by molar-refractivity contribution is 5.96. The molecule has 2 aromatic carbocycles. The van der Waals surface area contributed by atoms with Crippen LogP contribution in [0.25, 0.3) is 0 Å². The van der Waals surface area contributed by atoms with Crippen molar-refractivity contribution >= 4 is 17.3 Å². The Bertz CT molecular complexity index is 960. The highest BCUT2D eigenvalue weighted by Crippen LogP contribution is 2.36. The van der Waals surface area contributed by atoms with Gasteiger partial charge in [-0.3, -0.25) is 9.69 Å². The molecule has 0 radical (unpaired) electrons. The van der Waals surface area contributed by atoms with Crippen LogP contribution >= 0.6 is 0 Å². The van der Waals surface area contributed by atoms with E-state index in [4.69, 9.17) is 9.47 Å². The van der Waals surface area contributed by atoms with Gasteiger partial charge in [0.05, 0.1) is 43.8 Å². The quantitative estimate of drug-likeness (QED) is 0.691. The van der Waals surface area contributed by atoms with Crippen LogP contribution in [0, 0.1) is 0 Å². The number of hydrogen-bond donors (Lipinski definition) is 1. The molecule has 1 N–H and O–H groups in total. The lowest BCUT2D eigenvalue weighted by Crippen LogP contribution is -2.37. The number of morpholine rings is 1. The number of anilines is 2. The van der Waals surface area contributed by atoms with Gasteiger partial charge in [-0.1, -0.05) is 12.1 Å². The van der Waals surface area contributed by atoms with E-state index < -0.39 is 11.7 Å². The number of nitrogens with one attached hydrogen (secondary N) is 1. The fraction of sp³-hybridized carbons (Fsp3) is 0.458. The van der Waals surface area contributed by atoms with Crippen LogP contribution in [0.3, 0.4) is 0 Å². The smallest absolute Gasteiger partial charge is 0.416 e. The molecule has 1 unspecified atom stereocenters. The van der Waals surface area contributed by atoms with Crippen LogP contribution in [-0.2, 0) is 15.7 Å². The van der Waals surface area contributed by atoms with E-state index in [2.05, 4.69) is 10.2 Å². The highest BCUT2D eigenvalue weighted by atomic mass is 19.4. The van der Waals surface area contributed by atoms with Gasteiger partial charge in [0.2, 0.25) is 5.91 Å². The number of likely N-dealkylation sites (tertiary alicyclic amines) is 1. The van der Waals surface area contributed by atoms with E-state index in [-0.39, 0.29) is 24.2 Å². The zero-order chi connectivity index (χ0) is 23.4. The van der Waals surface area contributed by atoms with E-state index in [9.17, 15) is 18.0 Å². The molecule has 2 aliphatic rings. The topological polar surface area (TPSA) is 54.0 Å². The Labute approximate surface area is 191 Å². The van der Waals surface area contributed by atoms with Crippen molar-refractivity contribution in [2.75, 3.05) is 56.7 Å². The predicted molar refractivity (Wildman–Crippen MR) is 120 cm³/mol. The Morgan fingerprint density at radius 1 is 1.12 bits per heavy atom. The molecule has 0 aliphatic carbocycles. The number of carbonyl (C=O) groups is 1. The van der Waals surface area contributed by atoms with Gasteiger partial charge < -0.3 is 19.7 Å². The first kappa shape index (κ1) is 23.4. The van der Waals surface area contributed by atoms with Crippen LogP contribution in [-0.4, -0.2) is 57.3 Å². The van der Waals surface area contributed by atoms with Crippen molar-refractivity contribution < 1.29 is 27.4 Å². The molecule has 1 amide bonds. The van der Waals surface area contributed by atoms with Crippen molar-refractivity contribution in [1.29, 1.82) is 0 Å². The van der Waals surface area contributed by atoms with Gasteiger partial charge in [-0.25, -0.2) is 0 Å². The van der Waals surface area contributed by atoms with E-state index in [0.717, 1.165) is 42.8 Å². The van der Waals surface area contributed by atoms with Gasteiger partial charge in [-0.05, 0) is 55.3 Å². The summed E-state index contributed by atoms with van der Waals surface area (Å²) in [6.45, 7) is 2.95. The minimum atomic E-state index is -4.49. The number of rotatable bonds is 6. The number of hydrogen-bond acceptors (Lipinski definition) is 5. The molecule has 4 rings (SSSR count). The maximum absolute atomic E-state index is 13.3. The lowest BCUT2D eigenvalue weighted by atomic mass is 10.0. The van der Waals surface area contributed by atoms with Crippen molar-refractivity contribution in [2.24, 2.45) is 0 Å². The Hall–Kier alpha value is -2.78. The second kappa shape index (κ2) is 10.0. The van der Waals surface area contributed by atoms with Crippen molar-refractivity contribution in [3.63, 3.8) is 0 Å². The Kier molecular flexibility index (Phi) is 7.09. The number of halogens is 3. The summed E-state index contributed by atoms with van der Waals surface area (Å²) in [5.41, 5.74) is 1.06. The lowest BCUT2D eigenvalue weighted by Gasteiger charge is -2.31. The third kappa shape index (κ3) is 5.59. The molecule has 0 bridgehead atoms. The van der Waals surface area contributed by atoms with Gasteiger partial charge in [-0.15, -0.1) is 0 Å². The predicted octanol–water partition coefficient (Wildman–Crippen LogP) is 4.33. The van der Waals surface area contributed by atoms with Gasteiger partial charge in [-0.2, -0.15) is 13.2 Å². The number of alkyl halides is 3. The molecule has 2 fully saturated rings. The summed E-state index contributed by atoms with van der Waals surface area (Å²) in [7, 11) is 1.61. The Morgan fingerprint density at radius 2 is 1.85 bits per heavy atom. The van der Waals surface area contributed by atoms with E-state index in [1.807, 2.05) is 29.2 Å². The van der Waals surface area contributed by atoms with Gasteiger partial charge >= 0.3 is 6.18 Å². The maximum atomic E-state index is 13.3. The molecule has 2 aliphatic heterocycles. The first-order valence-electron chi connectivity index (χ1n) is 11.1. The second-order valence-electron chi connectivity index (χ2n) is 8.28. The van der Waals surface area contributed by atoms with Gasteiger partial charge in [0.1, 0.15) is 5.75 Å². The molecule has 2 heterocycles. The summed E-state index contributed by atoms with van der Waals surface area (Å²) < 4.78 is 50.6. The fourth-order valence-corrected chi connectivity index (χ4v) is 4.49. The van der Waals surface area contributed by atoms with Crippen LogP contribution in [0.5, 0.6) is 5.75 Å². The van der Waals surface area contributed by atoms with E-state index in [1.54, 1.807) is 7.11 Å². The molecule has 0 saturated carbocycles. The Morgan fingerprint density at radius 3 is 2.52 bits per heavy atom. The highest BCUT2D eigenvalue weighted by Gasteiger charge is 2.32. The summed E-state index contributed by atoms with van der Waals surface area (Å²) in [6, 6.07) is 11.4. The number of nitrogens with zero attached hydrogens (tertiary/aromatic N) is 2. The molecule has 6 nitrogen and oxygen atoms in total. The second-order valence-corrected chi connectivity index (χ2v) is 8.28. The largest absolute Gasteiger partial charge is 0.497 e. The SMILES string of the molecule is COc1ccc(C2CCCN2CC(=O)Nc2cc(C(F)(F)F)ccc2N2CCOCC2)cc1. The zero-order valence-electron chi connectivity index (χ0n) is 18.5. The average Bonchev–Trinajstić information content (AvgIpc) is 3.27. The van der Waals surface area contributed by atoms with Crippen LogP contribution in [0.2, 0.25) is 0 Å². The zero-order valence-corrected chi connectivity index (χ0v) is 18.5. The average molecular weight is 464 g/mol. The lowest BCUT2D eigenvalue weighted by molar-refractivity contribution is -0.137. The minimum absolute atomic E-state index is 0.0851. The molecule has 2 saturated heterocycles. The fourth-order valence-electron chi connectivity index (χ4n) is 4.49. The molecule has 178 valence electrons. The van der Waals surface area contributed by atoms with Gasteiger partial charge in [0, 0.05) is 19.1 Å². The van der Waals surface area contributed by atoms with E-state index >= 15 is 0 Å². The summed E-state index contributed by atoms with van der Waals surface area (Å²) in [5.74, 6) is 0.436. The maximum Gasteiger partial charge on any atom is 0.416 e. The van der Waals surface area contributed by atoms with Crippen LogP contribution in [0.15, 0.2) is 42.5 Å². The Balaban J connectivity index is 1.50. The molecule has 0 spiro atoms. The van der Waals surface area contributed by atoms with Crippen molar-refractivity contribution in [3.8, 4) is 5.75 Å². The van der Waals surface area contributed by atoms with Crippen LogP contribution in [0.4, 0.5) is 24.5 Å². The molecule has 0 aromatic heterocycles. The summed E-state index contributed by atoms with van der Waals surface area (Å²) in [4.78, 5) is 17.0. The molecular weight excluding hydrogens is 435 g/mol. The van der Waals surface area contributed by atoms with Crippen LogP contribution < -0.4 is 15.0 Å². The van der Waals surface area contributed by atoms with Crippen LogP contribution in [0.1, 0.15) is 30.0 Å². The van der Waals surface area contributed by atoms with E-state index in [1.165, 1.54) is 6.07 Å². The normalized spacial score (nSPS) is 19.5. The number of carbonyl (C=O) groups excluding carboxylic acids is 1. The standard InChI is InChI=1S/C24H28F3N3O3/c1-32-19-7-4-17(5-8-19)21-3-2-10-30(21)16-23(31)28-20-15-18(24(25,26)27)6-9-22(20)29-11-13-33-14-12-29/h4-9,15,21H,2-3,10-14,16H2,1H3,(H,28,31). The number of amides is 1. The van der Waals surface area contributed by atoms with E-state index in [0.29, 0.717) is 32.0 Å². The number of benzene rings is 2. The molecular formula is C24H28F3N3O3. The molecule has 9 heteroatoms. The van der Waals surface area contributed by atoms with Crippen molar-refractivity contribution in [2.45, 2.75) is 25.1 Å². The first-order valence-corrected chi connectivity index (χ1v) is 11.1. The summed E-state index contributed by atoms with van der Waals surface area (Å²) in [5, 5.41) is 2.75. The molecule has 33 heavy (non-hydrogen) atoms. The van der Waals surface area contributed by atoms with Crippen molar-refractivity contribution in [1.82, 2.24) is 4.90 Å². The van der Waals surface area contributed by atoms with Gasteiger partial charge in [0.25, 0.3) is 0 Å². The number of ether oxygens (including phenoxy) is 2. The van der Waals surface area contributed by atoms with Crippen molar-refractivity contribution in [3.05, 3.63) is 53.6 Å². The number of methoxy groups -OCH3 is 1. The van der Waals surface area contributed by atoms with Gasteiger partial charge in [0.15, 0.2) is 0 Å². The third-order valence-electron chi connectivity index (χ3n) is 6.16. The minimum Gasteiger partial charge on any atom is -0.497 e. The monoisotopic (exact) mass is 463 g/mol. The molecule has 1 atom stereocenters. The third-order valence-corrected chi connectivity index (χ3v) is 6.16. The first-order chi connectivity index (χ1) is 15.8.